The normalized spacial score (nSPS) is 12.3. The summed E-state index contributed by atoms with van der Waals surface area (Å²) in [5, 5.41) is 8.69. The summed E-state index contributed by atoms with van der Waals surface area (Å²) in [6, 6.07) is 0. The van der Waals surface area contributed by atoms with Gasteiger partial charge in [-0.3, -0.25) is 9.98 Å². The Balaban J connectivity index is 3.39. The summed E-state index contributed by atoms with van der Waals surface area (Å²) in [7, 11) is 7.05. The molecular formula is C24H50N4O4S3. The van der Waals surface area contributed by atoms with E-state index in [1.165, 1.54) is 50.0 Å². The average Bonchev–Trinajstić information content (AvgIpc) is 2.88. The van der Waals surface area contributed by atoms with Crippen LogP contribution < -0.4 is 10.6 Å². The fourth-order valence-electron chi connectivity index (χ4n) is 2.74. The fraction of sp³-hybridized carbons (Fsp3) is 0.917. The molecule has 0 radical (unpaired) electrons. The zero-order valence-electron chi connectivity index (χ0n) is 22.5. The van der Waals surface area contributed by atoms with Crippen molar-refractivity contribution in [1.82, 2.24) is 10.6 Å². The number of thioether (sulfide) groups is 3. The molecule has 0 aliphatic carbocycles. The Morgan fingerprint density at radius 1 is 0.571 bits per heavy atom. The lowest BCUT2D eigenvalue weighted by Gasteiger charge is -2.09. The lowest BCUT2D eigenvalue weighted by Crippen LogP contribution is -2.25. The van der Waals surface area contributed by atoms with Gasteiger partial charge in [0, 0.05) is 52.9 Å². The number of ether oxygens (including phenoxy) is 4. The summed E-state index contributed by atoms with van der Waals surface area (Å²) in [5.41, 5.74) is 0. The molecule has 0 aromatic rings. The summed E-state index contributed by atoms with van der Waals surface area (Å²) in [6.45, 7) is 5.49. The largest absolute Gasteiger partial charge is 0.382 e. The number of aliphatic imine (C=N–C) groups is 2. The van der Waals surface area contributed by atoms with Gasteiger partial charge < -0.3 is 29.6 Å². The van der Waals surface area contributed by atoms with Crippen molar-refractivity contribution in [3.63, 3.8) is 0 Å². The third-order valence-electron chi connectivity index (χ3n) is 4.66. The van der Waals surface area contributed by atoms with Crippen LogP contribution >= 0.6 is 35.3 Å². The highest BCUT2D eigenvalue weighted by molar-refractivity contribution is 8.14. The molecule has 0 aromatic heterocycles. The summed E-state index contributed by atoms with van der Waals surface area (Å²) >= 11 is 5.71. The van der Waals surface area contributed by atoms with Crippen molar-refractivity contribution >= 4 is 45.6 Å². The minimum atomic E-state index is 0.640. The highest BCUT2D eigenvalue weighted by atomic mass is 32.2. The first-order valence-electron chi connectivity index (χ1n) is 12.7. The van der Waals surface area contributed by atoms with Crippen molar-refractivity contribution < 1.29 is 18.9 Å². The summed E-state index contributed by atoms with van der Waals surface area (Å²) in [6.07, 6.45) is 7.66. The van der Waals surface area contributed by atoms with Gasteiger partial charge in [0.1, 0.15) is 0 Å². The van der Waals surface area contributed by atoms with E-state index in [2.05, 4.69) is 32.4 Å². The van der Waals surface area contributed by atoms with Crippen LogP contribution in [-0.2, 0) is 18.9 Å². The smallest absolute Gasteiger partial charge is 0.156 e. The van der Waals surface area contributed by atoms with E-state index in [0.717, 1.165) is 34.9 Å². The van der Waals surface area contributed by atoms with Crippen molar-refractivity contribution in [3.05, 3.63) is 0 Å². The van der Waals surface area contributed by atoms with Gasteiger partial charge >= 0.3 is 0 Å². The number of methoxy groups -OCH3 is 2. The third-order valence-corrected chi connectivity index (χ3v) is 8.00. The van der Waals surface area contributed by atoms with Gasteiger partial charge in [-0.15, -0.1) is 0 Å². The molecule has 0 aliphatic heterocycles. The predicted octanol–water partition coefficient (Wildman–Crippen LogP) is 4.00. The first-order chi connectivity index (χ1) is 17.3. The Morgan fingerprint density at radius 3 is 1.40 bits per heavy atom. The molecule has 0 fully saturated rings. The molecule has 0 amide bonds. The van der Waals surface area contributed by atoms with Gasteiger partial charge in [-0.2, -0.15) is 11.8 Å². The molecule has 208 valence electrons. The number of rotatable bonds is 24. The molecule has 0 heterocycles. The summed E-state index contributed by atoms with van der Waals surface area (Å²) in [5.74, 6) is 4.78. The molecule has 0 atom stereocenters. The standard InChI is InChI=1S/C24H50N4O4S3/c1-25-23(27-11-13-31-17-15-29-3)34-21-9-5-7-19-33-20-8-6-10-22-35-24(26-2)28-12-14-32-18-16-30-4/h5-22H2,1-4H3,(H,25,27)(H,26,28). The predicted molar refractivity (Wildman–Crippen MR) is 158 cm³/mol. The molecule has 0 rings (SSSR count). The van der Waals surface area contributed by atoms with Crippen LogP contribution in [0, 0.1) is 0 Å². The lowest BCUT2D eigenvalue weighted by atomic mass is 10.3. The van der Waals surface area contributed by atoms with E-state index in [1.54, 1.807) is 14.2 Å². The van der Waals surface area contributed by atoms with Crippen molar-refractivity contribution in [2.45, 2.75) is 38.5 Å². The van der Waals surface area contributed by atoms with Crippen LogP contribution in [0.3, 0.4) is 0 Å². The average molecular weight is 555 g/mol. The number of amidine groups is 2. The molecule has 0 saturated heterocycles. The Kier molecular flexibility index (Phi) is 29.9. The van der Waals surface area contributed by atoms with E-state index in [4.69, 9.17) is 18.9 Å². The number of nitrogens with one attached hydrogen (secondary N) is 2. The summed E-state index contributed by atoms with van der Waals surface area (Å²) < 4.78 is 20.8. The molecule has 0 bridgehead atoms. The van der Waals surface area contributed by atoms with Crippen LogP contribution in [0.5, 0.6) is 0 Å². The molecular weight excluding hydrogens is 504 g/mol. The second kappa shape index (κ2) is 30.1. The quantitative estimate of drug-likeness (QED) is 0.104. The summed E-state index contributed by atoms with van der Waals surface area (Å²) in [4.78, 5) is 8.63. The maximum Gasteiger partial charge on any atom is 0.156 e. The van der Waals surface area contributed by atoms with E-state index in [9.17, 15) is 0 Å². The van der Waals surface area contributed by atoms with Gasteiger partial charge in [-0.1, -0.05) is 36.4 Å². The lowest BCUT2D eigenvalue weighted by molar-refractivity contribution is 0.0734. The minimum absolute atomic E-state index is 0.640. The number of nitrogens with zero attached hydrogens (tertiary/aromatic N) is 2. The highest BCUT2D eigenvalue weighted by Crippen LogP contribution is 2.13. The van der Waals surface area contributed by atoms with Gasteiger partial charge in [-0.05, 0) is 37.2 Å². The molecule has 0 unspecified atom stereocenters. The topological polar surface area (TPSA) is 85.7 Å². The van der Waals surface area contributed by atoms with Gasteiger partial charge in [0.15, 0.2) is 10.3 Å². The molecule has 35 heavy (non-hydrogen) atoms. The zero-order valence-corrected chi connectivity index (χ0v) is 24.9. The zero-order chi connectivity index (χ0) is 25.7. The second-order valence-electron chi connectivity index (χ2n) is 7.55. The van der Waals surface area contributed by atoms with Crippen LogP contribution in [0.15, 0.2) is 9.98 Å². The van der Waals surface area contributed by atoms with Crippen LogP contribution in [0.4, 0.5) is 0 Å². The molecule has 2 N–H and O–H groups in total. The van der Waals surface area contributed by atoms with Crippen molar-refractivity contribution in [2.24, 2.45) is 9.98 Å². The Hall–Kier alpha value is -0.170. The fourth-order valence-corrected chi connectivity index (χ4v) is 5.51. The molecule has 0 aliphatic rings. The molecule has 11 heteroatoms. The van der Waals surface area contributed by atoms with Crippen molar-refractivity contribution in [3.8, 4) is 0 Å². The van der Waals surface area contributed by atoms with Crippen LogP contribution in [0.2, 0.25) is 0 Å². The molecule has 0 saturated carbocycles. The van der Waals surface area contributed by atoms with Gasteiger partial charge in [0.25, 0.3) is 0 Å². The molecule has 0 aromatic carbocycles. The first kappa shape index (κ1) is 34.8. The van der Waals surface area contributed by atoms with E-state index in [1.807, 2.05) is 37.6 Å². The first-order valence-corrected chi connectivity index (χ1v) is 15.8. The highest BCUT2D eigenvalue weighted by Gasteiger charge is 2.01. The van der Waals surface area contributed by atoms with Gasteiger partial charge in [0.2, 0.25) is 0 Å². The minimum Gasteiger partial charge on any atom is -0.382 e. The second-order valence-corrected chi connectivity index (χ2v) is 10.9. The van der Waals surface area contributed by atoms with E-state index in [-0.39, 0.29) is 0 Å². The van der Waals surface area contributed by atoms with E-state index < -0.39 is 0 Å². The van der Waals surface area contributed by atoms with E-state index >= 15 is 0 Å². The monoisotopic (exact) mass is 554 g/mol. The Bertz CT molecular complexity index is 461. The van der Waals surface area contributed by atoms with Crippen LogP contribution in [0.1, 0.15) is 38.5 Å². The van der Waals surface area contributed by atoms with Crippen molar-refractivity contribution in [2.75, 3.05) is 104 Å². The SMILES string of the molecule is CN=C(NCCOCCOC)SCCCCCSCCCCCSC(=NC)NCCOCCOC. The van der Waals surface area contributed by atoms with Crippen molar-refractivity contribution in [1.29, 1.82) is 0 Å². The van der Waals surface area contributed by atoms with Crippen LogP contribution in [0.25, 0.3) is 0 Å². The Morgan fingerprint density at radius 2 is 1.00 bits per heavy atom. The van der Waals surface area contributed by atoms with Gasteiger partial charge in [-0.25, -0.2) is 0 Å². The third kappa shape index (κ3) is 26.7. The Labute approximate surface area is 227 Å². The number of unbranched alkanes of at least 4 members (excludes halogenated alkanes) is 4. The molecule has 0 spiro atoms. The van der Waals surface area contributed by atoms with Crippen LogP contribution in [-0.4, -0.2) is 114 Å². The van der Waals surface area contributed by atoms with E-state index in [0.29, 0.717) is 39.6 Å². The van der Waals surface area contributed by atoms with Gasteiger partial charge in [0.05, 0.1) is 39.6 Å². The number of hydrogen-bond acceptors (Lipinski definition) is 9. The maximum absolute atomic E-state index is 5.46. The number of hydrogen-bond donors (Lipinski definition) is 2. The molecule has 8 nitrogen and oxygen atoms in total. The maximum atomic E-state index is 5.46.